The highest BCUT2D eigenvalue weighted by atomic mass is 15.1. The molecule has 0 aliphatic heterocycles. The molecule has 1 nitrogen and oxygen atoms in total. The van der Waals surface area contributed by atoms with Gasteiger partial charge in [0.15, 0.2) is 0 Å². The van der Waals surface area contributed by atoms with Crippen LogP contribution in [0.25, 0.3) is 22.3 Å². The smallest absolute Gasteiger partial charge is 0.0467 e. The number of aryl methyl sites for hydroxylation is 1. The van der Waals surface area contributed by atoms with Crippen LogP contribution < -0.4 is 4.90 Å². The van der Waals surface area contributed by atoms with Crippen LogP contribution in [0.1, 0.15) is 76.1 Å². The molecular weight excluding hydrogens is 579 g/mol. The number of hydrogen-bond acceptors (Lipinski definition) is 1. The summed E-state index contributed by atoms with van der Waals surface area (Å²) in [6.45, 7) is 22.3. The van der Waals surface area contributed by atoms with E-state index in [1.165, 1.54) is 44.5 Å². The average Bonchev–Trinajstić information content (AvgIpc) is 3.10. The molecule has 4 aromatic carbocycles. The summed E-state index contributed by atoms with van der Waals surface area (Å²) in [5, 5.41) is 0. The van der Waals surface area contributed by atoms with Gasteiger partial charge >= 0.3 is 0 Å². The molecule has 48 heavy (non-hydrogen) atoms. The number of benzene rings is 4. The van der Waals surface area contributed by atoms with Gasteiger partial charge in [-0.15, -0.1) is 6.58 Å². The van der Waals surface area contributed by atoms with E-state index in [1.807, 2.05) is 32.9 Å². The molecule has 1 aliphatic carbocycles. The molecule has 1 atom stereocenters. The van der Waals surface area contributed by atoms with E-state index in [1.54, 1.807) is 0 Å². The van der Waals surface area contributed by atoms with Crippen molar-refractivity contribution in [2.45, 2.75) is 60.8 Å². The van der Waals surface area contributed by atoms with Gasteiger partial charge in [-0.2, -0.15) is 0 Å². The lowest BCUT2D eigenvalue weighted by Gasteiger charge is -2.27. The molecule has 0 saturated carbocycles. The molecule has 0 bridgehead atoms. The Morgan fingerprint density at radius 3 is 1.98 bits per heavy atom. The average molecular weight is 630 g/mol. The zero-order chi connectivity index (χ0) is 34.6. The van der Waals surface area contributed by atoms with E-state index in [-0.39, 0.29) is 0 Å². The fraction of sp³-hybridized carbons (Fsp3) is 0.191. The topological polar surface area (TPSA) is 3.24 Å². The number of nitrogens with zero attached hydrogens (tertiary/aromatic N) is 1. The fourth-order valence-corrected chi connectivity index (χ4v) is 5.90. The molecule has 0 amide bonds. The highest BCUT2D eigenvalue weighted by molar-refractivity contribution is 5.82. The molecule has 0 saturated heterocycles. The summed E-state index contributed by atoms with van der Waals surface area (Å²) >= 11 is 0. The van der Waals surface area contributed by atoms with Crippen molar-refractivity contribution in [3.05, 3.63) is 186 Å². The van der Waals surface area contributed by atoms with Crippen LogP contribution >= 0.6 is 0 Å². The third kappa shape index (κ3) is 9.02. The lowest BCUT2D eigenvalue weighted by molar-refractivity contribution is 0.791. The minimum atomic E-state index is 0.430. The van der Waals surface area contributed by atoms with Crippen molar-refractivity contribution in [1.29, 1.82) is 0 Å². The third-order valence-corrected chi connectivity index (χ3v) is 8.67. The zero-order valence-electron chi connectivity index (χ0n) is 29.9. The first kappa shape index (κ1) is 35.7. The number of anilines is 3. The summed E-state index contributed by atoms with van der Waals surface area (Å²) in [5.41, 5.74) is 15.9. The van der Waals surface area contributed by atoms with Crippen LogP contribution in [0.5, 0.6) is 0 Å². The van der Waals surface area contributed by atoms with Crippen LogP contribution in [0.15, 0.2) is 164 Å². The van der Waals surface area contributed by atoms with Gasteiger partial charge in [0.05, 0.1) is 0 Å². The Labute approximate surface area is 290 Å². The zero-order valence-corrected chi connectivity index (χ0v) is 29.9. The predicted octanol–water partition coefficient (Wildman–Crippen LogP) is 14.3. The van der Waals surface area contributed by atoms with Gasteiger partial charge in [-0.1, -0.05) is 121 Å². The molecule has 4 aromatic rings. The Balaban J connectivity index is 0.00000123. The lowest BCUT2D eigenvalue weighted by atomic mass is 9.83. The number of allylic oxidation sites excluding steroid dienone is 12. The van der Waals surface area contributed by atoms with Crippen molar-refractivity contribution in [2.24, 2.45) is 0 Å². The second kappa shape index (κ2) is 17.1. The third-order valence-electron chi connectivity index (χ3n) is 8.67. The molecule has 0 aromatic heterocycles. The van der Waals surface area contributed by atoms with Crippen LogP contribution in [-0.4, -0.2) is 0 Å². The van der Waals surface area contributed by atoms with Crippen molar-refractivity contribution in [3.63, 3.8) is 0 Å². The monoisotopic (exact) mass is 629 g/mol. The van der Waals surface area contributed by atoms with E-state index in [0.717, 1.165) is 34.6 Å². The summed E-state index contributed by atoms with van der Waals surface area (Å²) in [6, 6.07) is 33.5. The summed E-state index contributed by atoms with van der Waals surface area (Å²) in [5.74, 6) is 0.430. The van der Waals surface area contributed by atoms with Gasteiger partial charge in [-0.25, -0.2) is 0 Å². The predicted molar refractivity (Wildman–Crippen MR) is 214 cm³/mol. The Morgan fingerprint density at radius 1 is 0.771 bits per heavy atom. The van der Waals surface area contributed by atoms with Gasteiger partial charge in [-0.05, 0) is 136 Å². The highest BCUT2D eigenvalue weighted by Gasteiger charge is 2.18. The van der Waals surface area contributed by atoms with E-state index in [4.69, 9.17) is 0 Å². The van der Waals surface area contributed by atoms with Crippen molar-refractivity contribution < 1.29 is 0 Å². The van der Waals surface area contributed by atoms with E-state index >= 15 is 0 Å². The summed E-state index contributed by atoms with van der Waals surface area (Å²) in [7, 11) is 0. The Kier molecular flexibility index (Phi) is 12.7. The quantitative estimate of drug-likeness (QED) is 0.131. The first-order valence-electron chi connectivity index (χ1n) is 16.9. The van der Waals surface area contributed by atoms with Crippen LogP contribution in [0.4, 0.5) is 17.1 Å². The Hall–Kier alpha value is -5.14. The van der Waals surface area contributed by atoms with E-state index in [9.17, 15) is 0 Å². The molecule has 0 fully saturated rings. The Bertz CT molecular complexity index is 1870. The fourth-order valence-electron chi connectivity index (χ4n) is 5.90. The lowest BCUT2D eigenvalue weighted by Crippen LogP contribution is -2.10. The summed E-state index contributed by atoms with van der Waals surface area (Å²) < 4.78 is 0. The van der Waals surface area contributed by atoms with Crippen LogP contribution in [0, 0.1) is 6.92 Å². The molecular formula is C47H51N. The number of hydrogen-bond donors (Lipinski definition) is 0. The molecule has 0 heterocycles. The SMILES string of the molecule is C=C(C)C.C=C/C(=C\C=C/C)c1ccc(N(c2ccc(/C(C)=C/C)cc2)c2cccc(-c3ccc(C)c(C4CC=CC=C4C)c3)c2)cc1. The van der Waals surface area contributed by atoms with Crippen molar-refractivity contribution in [3.8, 4) is 11.1 Å². The van der Waals surface area contributed by atoms with Gasteiger partial charge < -0.3 is 4.90 Å². The largest absolute Gasteiger partial charge is 0.310 e. The normalized spacial score (nSPS) is 14.6. The molecule has 0 spiro atoms. The second-order valence-corrected chi connectivity index (χ2v) is 12.7. The molecule has 244 valence electrons. The van der Waals surface area contributed by atoms with Gasteiger partial charge in [0.1, 0.15) is 0 Å². The van der Waals surface area contributed by atoms with Crippen molar-refractivity contribution >= 4 is 28.2 Å². The maximum atomic E-state index is 4.03. The standard InChI is InChI=1S/C43H43N.C4H8/c1-7-10-15-34(9-3)36-23-27-40(28-24-36)44(39-25-21-35(22-26-39)31(4)8-2)41-17-13-16-37(29-41)38-20-19-33(6)43(30-38)42-18-12-11-14-32(42)5;1-4(2)3/h7-17,19-30,42H,3,18H2,1-2,4-6H3;1H2,2-3H3/b10-7-,31-8+,34-15+;. The highest BCUT2D eigenvalue weighted by Crippen LogP contribution is 2.39. The van der Waals surface area contributed by atoms with Crippen molar-refractivity contribution in [2.75, 3.05) is 4.90 Å². The van der Waals surface area contributed by atoms with Gasteiger partial charge in [0.2, 0.25) is 0 Å². The molecule has 0 N–H and O–H groups in total. The molecule has 5 rings (SSSR count). The van der Waals surface area contributed by atoms with E-state index < -0.39 is 0 Å². The maximum Gasteiger partial charge on any atom is 0.0467 e. The summed E-state index contributed by atoms with van der Waals surface area (Å²) in [4.78, 5) is 2.35. The van der Waals surface area contributed by atoms with Gasteiger partial charge in [0, 0.05) is 23.0 Å². The van der Waals surface area contributed by atoms with Crippen molar-refractivity contribution in [1.82, 2.24) is 0 Å². The molecule has 1 heteroatoms. The van der Waals surface area contributed by atoms with Crippen LogP contribution in [0.2, 0.25) is 0 Å². The van der Waals surface area contributed by atoms with E-state index in [0.29, 0.717) is 5.92 Å². The second-order valence-electron chi connectivity index (χ2n) is 12.7. The van der Waals surface area contributed by atoms with Crippen LogP contribution in [-0.2, 0) is 0 Å². The molecule has 1 unspecified atom stereocenters. The van der Waals surface area contributed by atoms with E-state index in [2.05, 4.69) is 173 Å². The minimum Gasteiger partial charge on any atom is -0.310 e. The first-order chi connectivity index (χ1) is 23.2. The van der Waals surface area contributed by atoms with Crippen LogP contribution in [0.3, 0.4) is 0 Å². The first-order valence-corrected chi connectivity index (χ1v) is 16.9. The minimum absolute atomic E-state index is 0.430. The van der Waals surface area contributed by atoms with Gasteiger partial charge in [-0.3, -0.25) is 0 Å². The summed E-state index contributed by atoms with van der Waals surface area (Å²) in [6.07, 6.45) is 18.0. The molecule has 0 radical (unpaired) electrons. The molecule has 1 aliphatic rings. The number of rotatable bonds is 9. The maximum absolute atomic E-state index is 4.03. The van der Waals surface area contributed by atoms with Gasteiger partial charge in [0.25, 0.3) is 0 Å². The Morgan fingerprint density at radius 2 is 1.40 bits per heavy atom.